The summed E-state index contributed by atoms with van der Waals surface area (Å²) in [6.45, 7) is 2.24. The summed E-state index contributed by atoms with van der Waals surface area (Å²) < 4.78 is 0. The van der Waals surface area contributed by atoms with E-state index in [-0.39, 0.29) is 7.43 Å². The van der Waals surface area contributed by atoms with Gasteiger partial charge in [0.25, 0.3) is 0 Å². The van der Waals surface area contributed by atoms with Crippen molar-refractivity contribution in [2.75, 3.05) is 0 Å². The molecule has 15 heavy (non-hydrogen) atoms. The van der Waals surface area contributed by atoms with Gasteiger partial charge in [-0.2, -0.15) is 0 Å². The van der Waals surface area contributed by atoms with Crippen molar-refractivity contribution in [1.82, 2.24) is 0 Å². The standard InChI is InChI=1S/C14H22.CH4/c1-2-3-4-5-6-8-11-14-12-9-7-10-13-14;/h5-7,9,12H,2-4,8,10-11,13H2,1H3;1H4/b6-5-;. The third-order valence-electron chi connectivity index (χ3n) is 2.62. The van der Waals surface area contributed by atoms with Crippen molar-refractivity contribution in [3.05, 3.63) is 36.0 Å². The molecule has 1 aliphatic rings. The molecular weight excluding hydrogens is 180 g/mol. The molecule has 0 atom stereocenters. The van der Waals surface area contributed by atoms with Crippen LogP contribution in [0.1, 0.15) is 59.3 Å². The second-order valence-corrected chi connectivity index (χ2v) is 3.94. The average Bonchev–Trinajstić information content (AvgIpc) is 2.25. The van der Waals surface area contributed by atoms with Crippen molar-refractivity contribution in [3.63, 3.8) is 0 Å². The van der Waals surface area contributed by atoms with Crippen molar-refractivity contribution in [2.24, 2.45) is 0 Å². The Balaban J connectivity index is 0.00000196. The summed E-state index contributed by atoms with van der Waals surface area (Å²) in [5.41, 5.74) is 1.62. The molecule has 86 valence electrons. The summed E-state index contributed by atoms with van der Waals surface area (Å²) in [6.07, 6.45) is 20.3. The van der Waals surface area contributed by atoms with Crippen molar-refractivity contribution in [1.29, 1.82) is 0 Å². The Labute approximate surface area is 95.8 Å². The number of rotatable bonds is 6. The van der Waals surface area contributed by atoms with E-state index in [0.29, 0.717) is 0 Å². The summed E-state index contributed by atoms with van der Waals surface area (Å²) >= 11 is 0. The van der Waals surface area contributed by atoms with Crippen LogP contribution in [-0.4, -0.2) is 0 Å². The molecule has 0 radical (unpaired) electrons. The Kier molecular flexibility index (Phi) is 9.26. The highest BCUT2D eigenvalue weighted by molar-refractivity contribution is 5.17. The molecule has 0 N–H and O–H groups in total. The third-order valence-corrected chi connectivity index (χ3v) is 2.62. The Morgan fingerprint density at radius 1 is 1.27 bits per heavy atom. The smallest absolute Gasteiger partial charge is 0.0282 e. The largest absolute Gasteiger partial charge is 0.0885 e. The fraction of sp³-hybridized carbons (Fsp3) is 0.600. The Hall–Kier alpha value is -0.780. The molecule has 0 saturated heterocycles. The molecule has 0 amide bonds. The molecule has 0 heterocycles. The zero-order valence-corrected chi connectivity index (χ0v) is 9.34. The monoisotopic (exact) mass is 206 g/mol. The van der Waals surface area contributed by atoms with Crippen LogP contribution in [0.15, 0.2) is 36.0 Å². The summed E-state index contributed by atoms with van der Waals surface area (Å²) in [4.78, 5) is 0. The first-order valence-electron chi connectivity index (χ1n) is 5.93. The van der Waals surface area contributed by atoms with Crippen LogP contribution in [0.4, 0.5) is 0 Å². The zero-order chi connectivity index (χ0) is 10.1. The summed E-state index contributed by atoms with van der Waals surface area (Å²) in [7, 11) is 0. The number of hydrogen-bond acceptors (Lipinski definition) is 0. The molecule has 0 aromatic rings. The van der Waals surface area contributed by atoms with Gasteiger partial charge in [-0.1, -0.05) is 63.1 Å². The van der Waals surface area contributed by atoms with Gasteiger partial charge < -0.3 is 0 Å². The molecule has 0 aromatic carbocycles. The van der Waals surface area contributed by atoms with Crippen LogP contribution in [0.2, 0.25) is 0 Å². The first-order chi connectivity index (χ1) is 6.93. The van der Waals surface area contributed by atoms with Crippen LogP contribution in [0.5, 0.6) is 0 Å². The van der Waals surface area contributed by atoms with Gasteiger partial charge in [0, 0.05) is 0 Å². The minimum absolute atomic E-state index is 0. The van der Waals surface area contributed by atoms with Crippen LogP contribution in [0, 0.1) is 0 Å². The average molecular weight is 206 g/mol. The number of hydrogen-bond donors (Lipinski definition) is 0. The maximum Gasteiger partial charge on any atom is -0.0282 e. The van der Waals surface area contributed by atoms with E-state index in [0.717, 1.165) is 0 Å². The van der Waals surface area contributed by atoms with E-state index in [1.54, 1.807) is 5.57 Å². The Morgan fingerprint density at radius 3 is 2.73 bits per heavy atom. The first kappa shape index (κ1) is 14.2. The highest BCUT2D eigenvalue weighted by Crippen LogP contribution is 2.17. The quantitative estimate of drug-likeness (QED) is 0.402. The fourth-order valence-corrected chi connectivity index (χ4v) is 1.69. The van der Waals surface area contributed by atoms with Gasteiger partial charge in [0.15, 0.2) is 0 Å². The summed E-state index contributed by atoms with van der Waals surface area (Å²) in [5.74, 6) is 0. The van der Waals surface area contributed by atoms with Gasteiger partial charge in [-0.25, -0.2) is 0 Å². The maximum atomic E-state index is 2.34. The minimum Gasteiger partial charge on any atom is -0.0885 e. The van der Waals surface area contributed by atoms with Crippen molar-refractivity contribution < 1.29 is 0 Å². The highest BCUT2D eigenvalue weighted by atomic mass is 14.0. The van der Waals surface area contributed by atoms with Gasteiger partial charge >= 0.3 is 0 Å². The van der Waals surface area contributed by atoms with Gasteiger partial charge in [-0.3, -0.25) is 0 Å². The second kappa shape index (κ2) is 9.76. The summed E-state index contributed by atoms with van der Waals surface area (Å²) in [5, 5.41) is 0. The lowest BCUT2D eigenvalue weighted by Gasteiger charge is -2.06. The van der Waals surface area contributed by atoms with Crippen LogP contribution in [0.3, 0.4) is 0 Å². The van der Waals surface area contributed by atoms with Crippen molar-refractivity contribution in [2.45, 2.75) is 59.3 Å². The molecule has 0 aliphatic heterocycles. The number of allylic oxidation sites excluding steroid dienone is 6. The first-order valence-corrected chi connectivity index (χ1v) is 5.93. The Morgan fingerprint density at radius 2 is 2.07 bits per heavy atom. The van der Waals surface area contributed by atoms with E-state index < -0.39 is 0 Å². The topological polar surface area (TPSA) is 0 Å². The van der Waals surface area contributed by atoms with Crippen molar-refractivity contribution in [3.8, 4) is 0 Å². The fourth-order valence-electron chi connectivity index (χ4n) is 1.69. The SMILES string of the molecule is C.CCCC/C=C\CCC1=CC=CCC1. The van der Waals surface area contributed by atoms with Gasteiger partial charge in [0.2, 0.25) is 0 Å². The van der Waals surface area contributed by atoms with E-state index in [1.165, 1.54) is 44.9 Å². The van der Waals surface area contributed by atoms with Gasteiger partial charge in [0.05, 0.1) is 0 Å². The second-order valence-electron chi connectivity index (χ2n) is 3.94. The predicted molar refractivity (Wildman–Crippen MR) is 71.1 cm³/mol. The molecule has 0 spiro atoms. The summed E-state index contributed by atoms with van der Waals surface area (Å²) in [6, 6.07) is 0. The zero-order valence-electron chi connectivity index (χ0n) is 9.34. The van der Waals surface area contributed by atoms with Crippen LogP contribution in [0.25, 0.3) is 0 Å². The molecule has 0 aromatic heterocycles. The molecule has 0 bridgehead atoms. The number of unbranched alkanes of at least 4 members (excludes halogenated alkanes) is 2. The molecule has 1 rings (SSSR count). The lowest BCUT2D eigenvalue weighted by atomic mass is 10.0. The van der Waals surface area contributed by atoms with Crippen LogP contribution < -0.4 is 0 Å². The van der Waals surface area contributed by atoms with E-state index in [2.05, 4.69) is 37.3 Å². The minimum atomic E-state index is 0. The van der Waals surface area contributed by atoms with E-state index in [4.69, 9.17) is 0 Å². The van der Waals surface area contributed by atoms with E-state index in [1.807, 2.05) is 0 Å². The predicted octanol–water partition coefficient (Wildman–Crippen LogP) is 5.43. The van der Waals surface area contributed by atoms with Gasteiger partial charge in [-0.15, -0.1) is 0 Å². The van der Waals surface area contributed by atoms with E-state index in [9.17, 15) is 0 Å². The molecule has 0 unspecified atom stereocenters. The Bertz CT molecular complexity index is 218. The highest BCUT2D eigenvalue weighted by Gasteiger charge is 1.97. The third kappa shape index (κ3) is 7.18. The normalized spacial score (nSPS) is 15.1. The lowest BCUT2D eigenvalue weighted by molar-refractivity contribution is 0.807. The van der Waals surface area contributed by atoms with Crippen molar-refractivity contribution >= 4 is 0 Å². The lowest BCUT2D eigenvalue weighted by Crippen LogP contribution is -1.86. The van der Waals surface area contributed by atoms with Gasteiger partial charge in [0.1, 0.15) is 0 Å². The molecule has 0 fully saturated rings. The molecule has 0 nitrogen and oxygen atoms in total. The van der Waals surface area contributed by atoms with Gasteiger partial charge in [-0.05, 0) is 32.1 Å². The molecule has 1 aliphatic carbocycles. The molecule has 0 heteroatoms. The molecule has 0 saturated carbocycles. The molecular formula is C15H26. The maximum absolute atomic E-state index is 2.34. The van der Waals surface area contributed by atoms with Crippen LogP contribution >= 0.6 is 0 Å². The van der Waals surface area contributed by atoms with Crippen LogP contribution in [-0.2, 0) is 0 Å². The van der Waals surface area contributed by atoms with E-state index >= 15 is 0 Å².